The Hall–Kier alpha value is -1.50. The van der Waals surface area contributed by atoms with Crippen molar-refractivity contribution in [3.63, 3.8) is 0 Å². The molecular formula is C13H11N. The van der Waals surface area contributed by atoms with Gasteiger partial charge in [0.05, 0.1) is 0 Å². The SMILES string of the molecule is c1cc2ccc3c4c(c(c1)n23)CCC4. The summed E-state index contributed by atoms with van der Waals surface area (Å²) in [6.07, 6.45) is 3.89. The highest BCUT2D eigenvalue weighted by Crippen LogP contribution is 2.34. The average Bonchev–Trinajstić information content (AvgIpc) is 2.87. The summed E-state index contributed by atoms with van der Waals surface area (Å²) in [5.41, 5.74) is 7.43. The highest BCUT2D eigenvalue weighted by Gasteiger charge is 2.20. The molecule has 3 heterocycles. The summed E-state index contributed by atoms with van der Waals surface area (Å²) in [7, 11) is 0. The van der Waals surface area contributed by atoms with E-state index in [1.165, 1.54) is 35.8 Å². The van der Waals surface area contributed by atoms with Crippen LogP contribution in [0.2, 0.25) is 0 Å². The maximum Gasteiger partial charge on any atom is 0.0498 e. The van der Waals surface area contributed by atoms with Crippen LogP contribution in [0, 0.1) is 0 Å². The van der Waals surface area contributed by atoms with Crippen LogP contribution in [0.1, 0.15) is 17.5 Å². The van der Waals surface area contributed by atoms with Gasteiger partial charge in [0.2, 0.25) is 0 Å². The second-order valence-electron chi connectivity index (χ2n) is 4.20. The fourth-order valence-corrected chi connectivity index (χ4v) is 2.94. The molecule has 1 aliphatic rings. The monoisotopic (exact) mass is 181 g/mol. The van der Waals surface area contributed by atoms with Crippen LogP contribution in [0.5, 0.6) is 0 Å². The van der Waals surface area contributed by atoms with Gasteiger partial charge in [-0.2, -0.15) is 0 Å². The van der Waals surface area contributed by atoms with Crippen LogP contribution in [0.25, 0.3) is 16.6 Å². The van der Waals surface area contributed by atoms with Crippen molar-refractivity contribution in [2.45, 2.75) is 19.3 Å². The molecule has 4 rings (SSSR count). The molecule has 0 aromatic carbocycles. The maximum absolute atomic E-state index is 2.41. The second-order valence-corrected chi connectivity index (χ2v) is 4.20. The van der Waals surface area contributed by atoms with Crippen molar-refractivity contribution < 1.29 is 0 Å². The number of pyridine rings is 1. The third-order valence-corrected chi connectivity index (χ3v) is 3.51. The number of rotatable bonds is 0. The van der Waals surface area contributed by atoms with E-state index in [1.54, 1.807) is 11.1 Å². The van der Waals surface area contributed by atoms with Gasteiger partial charge >= 0.3 is 0 Å². The Bertz CT molecular complexity index is 613. The molecule has 0 fully saturated rings. The first kappa shape index (κ1) is 6.88. The minimum Gasteiger partial charge on any atom is -0.310 e. The molecule has 1 nitrogen and oxygen atoms in total. The largest absolute Gasteiger partial charge is 0.310 e. The van der Waals surface area contributed by atoms with Crippen LogP contribution in [0.15, 0.2) is 30.3 Å². The molecule has 0 N–H and O–H groups in total. The molecule has 0 amide bonds. The predicted octanol–water partition coefficient (Wildman–Crippen LogP) is 3.02. The van der Waals surface area contributed by atoms with E-state index in [1.807, 2.05) is 0 Å². The topological polar surface area (TPSA) is 4.41 Å². The highest BCUT2D eigenvalue weighted by molar-refractivity contribution is 5.82. The normalized spacial score (nSPS) is 15.7. The highest BCUT2D eigenvalue weighted by atomic mass is 14.9. The molecule has 1 aliphatic carbocycles. The number of hydrogen-bond donors (Lipinski definition) is 0. The lowest BCUT2D eigenvalue weighted by Gasteiger charge is -1.97. The summed E-state index contributed by atoms with van der Waals surface area (Å²) in [5.74, 6) is 0. The lowest BCUT2D eigenvalue weighted by molar-refractivity contribution is 0.909. The van der Waals surface area contributed by atoms with Crippen molar-refractivity contribution in [3.05, 3.63) is 41.5 Å². The molecule has 0 aliphatic heterocycles. The molecule has 0 saturated heterocycles. The molecule has 68 valence electrons. The van der Waals surface area contributed by atoms with Crippen LogP contribution in [-0.4, -0.2) is 4.40 Å². The van der Waals surface area contributed by atoms with E-state index in [0.717, 1.165) is 0 Å². The van der Waals surface area contributed by atoms with Crippen LogP contribution in [0.3, 0.4) is 0 Å². The third-order valence-electron chi connectivity index (χ3n) is 3.51. The lowest BCUT2D eigenvalue weighted by Crippen LogP contribution is -1.84. The fourth-order valence-electron chi connectivity index (χ4n) is 2.94. The molecule has 1 heteroatoms. The Morgan fingerprint density at radius 1 is 0.857 bits per heavy atom. The molecule has 0 atom stereocenters. The second kappa shape index (κ2) is 2.11. The number of aromatic nitrogens is 1. The Morgan fingerprint density at radius 2 is 1.64 bits per heavy atom. The summed E-state index contributed by atoms with van der Waals surface area (Å²) >= 11 is 0. The van der Waals surface area contributed by atoms with Gasteiger partial charge < -0.3 is 4.40 Å². The van der Waals surface area contributed by atoms with Crippen molar-refractivity contribution in [2.75, 3.05) is 0 Å². The molecule has 0 saturated carbocycles. The maximum atomic E-state index is 2.41. The van der Waals surface area contributed by atoms with E-state index in [0.29, 0.717) is 0 Å². The summed E-state index contributed by atoms with van der Waals surface area (Å²) in [5, 5.41) is 0. The van der Waals surface area contributed by atoms with Crippen molar-refractivity contribution in [1.29, 1.82) is 0 Å². The zero-order valence-electron chi connectivity index (χ0n) is 7.96. The van der Waals surface area contributed by atoms with Crippen molar-refractivity contribution in [2.24, 2.45) is 0 Å². The number of fused-ring (bicyclic) bond motifs is 3. The van der Waals surface area contributed by atoms with Gasteiger partial charge in [-0.05, 0) is 54.7 Å². The van der Waals surface area contributed by atoms with Crippen LogP contribution in [-0.2, 0) is 12.8 Å². The van der Waals surface area contributed by atoms with Gasteiger partial charge in [-0.25, -0.2) is 0 Å². The Balaban J connectivity index is 2.39. The van der Waals surface area contributed by atoms with E-state index in [-0.39, 0.29) is 0 Å². The predicted molar refractivity (Wildman–Crippen MR) is 58.1 cm³/mol. The molecule has 0 bridgehead atoms. The van der Waals surface area contributed by atoms with Gasteiger partial charge in [-0.3, -0.25) is 0 Å². The molecule has 14 heavy (non-hydrogen) atoms. The Morgan fingerprint density at radius 3 is 2.50 bits per heavy atom. The van der Waals surface area contributed by atoms with E-state index in [9.17, 15) is 0 Å². The molecule has 0 unspecified atom stereocenters. The number of aryl methyl sites for hydroxylation is 2. The minimum atomic E-state index is 1.27. The van der Waals surface area contributed by atoms with E-state index < -0.39 is 0 Å². The molecule has 0 spiro atoms. The van der Waals surface area contributed by atoms with Gasteiger partial charge in [0.1, 0.15) is 0 Å². The number of nitrogens with zero attached hydrogens (tertiary/aromatic N) is 1. The molecule has 3 aromatic rings. The lowest BCUT2D eigenvalue weighted by atomic mass is 10.2. The first-order valence-corrected chi connectivity index (χ1v) is 5.28. The fraction of sp³-hybridized carbons (Fsp3) is 0.231. The zero-order chi connectivity index (χ0) is 9.12. The van der Waals surface area contributed by atoms with Crippen LogP contribution in [0.4, 0.5) is 0 Å². The quantitative estimate of drug-likeness (QED) is 0.502. The zero-order valence-corrected chi connectivity index (χ0v) is 7.96. The molecule has 3 aromatic heterocycles. The van der Waals surface area contributed by atoms with Crippen LogP contribution >= 0.6 is 0 Å². The van der Waals surface area contributed by atoms with Crippen LogP contribution < -0.4 is 0 Å². The van der Waals surface area contributed by atoms with E-state index in [2.05, 4.69) is 34.7 Å². The standard InChI is InChI=1S/C13H11N/c1-3-9-7-8-13-11-5-2-4-10(11)12(6-1)14(9)13/h1,3,6-8H,2,4-5H2. The number of hydrogen-bond acceptors (Lipinski definition) is 0. The molecular weight excluding hydrogens is 170 g/mol. The van der Waals surface area contributed by atoms with Gasteiger partial charge in [0.15, 0.2) is 0 Å². The van der Waals surface area contributed by atoms with Crippen molar-refractivity contribution in [1.82, 2.24) is 4.40 Å². The van der Waals surface area contributed by atoms with Gasteiger partial charge in [0, 0.05) is 16.6 Å². The van der Waals surface area contributed by atoms with Crippen molar-refractivity contribution >= 4 is 16.6 Å². The molecule has 0 radical (unpaired) electrons. The average molecular weight is 181 g/mol. The first-order chi connectivity index (χ1) is 6.95. The Kier molecular flexibility index (Phi) is 1.04. The van der Waals surface area contributed by atoms with E-state index >= 15 is 0 Å². The van der Waals surface area contributed by atoms with Gasteiger partial charge in [-0.1, -0.05) is 6.07 Å². The summed E-state index contributed by atoms with van der Waals surface area (Å²) in [6, 6.07) is 11.1. The van der Waals surface area contributed by atoms with E-state index in [4.69, 9.17) is 0 Å². The van der Waals surface area contributed by atoms with Gasteiger partial charge in [0.25, 0.3) is 0 Å². The minimum absolute atomic E-state index is 1.27. The smallest absolute Gasteiger partial charge is 0.0498 e. The summed E-state index contributed by atoms with van der Waals surface area (Å²) in [6.45, 7) is 0. The van der Waals surface area contributed by atoms with Gasteiger partial charge in [-0.15, -0.1) is 0 Å². The Labute approximate surface area is 82.3 Å². The summed E-state index contributed by atoms with van der Waals surface area (Å²) in [4.78, 5) is 0. The first-order valence-electron chi connectivity index (χ1n) is 5.28. The third kappa shape index (κ3) is 0.607. The summed E-state index contributed by atoms with van der Waals surface area (Å²) < 4.78 is 2.41. The van der Waals surface area contributed by atoms with Crippen molar-refractivity contribution in [3.8, 4) is 0 Å².